The second-order valence-corrected chi connectivity index (χ2v) is 2.96. The Morgan fingerprint density at radius 3 is 2.82 bits per heavy atom. The Bertz CT molecular complexity index is 303. The smallest absolute Gasteiger partial charge is 0.337 e. The summed E-state index contributed by atoms with van der Waals surface area (Å²) in [7, 11) is 0. The van der Waals surface area contributed by atoms with Gasteiger partial charge in [-0.2, -0.15) is 0 Å². The van der Waals surface area contributed by atoms with Crippen molar-refractivity contribution in [1.29, 1.82) is 0 Å². The fourth-order valence-electron chi connectivity index (χ4n) is 0.538. The largest absolute Gasteiger partial charge is 0.478 e. The van der Waals surface area contributed by atoms with E-state index >= 15 is 0 Å². The van der Waals surface area contributed by atoms with Gasteiger partial charge in [0, 0.05) is 6.20 Å². The number of halogens is 2. The molecule has 0 atom stereocenters. The third kappa shape index (κ3) is 1.91. The number of pyridine rings is 1. The van der Waals surface area contributed by atoms with E-state index in [0.29, 0.717) is 9.63 Å². The van der Waals surface area contributed by atoms with Crippen LogP contribution < -0.4 is 0 Å². The number of hydrogen-bond donors (Lipinski definition) is 1. The van der Waals surface area contributed by atoms with Crippen LogP contribution in [-0.4, -0.2) is 16.1 Å². The maximum Gasteiger partial charge on any atom is 0.337 e. The van der Waals surface area contributed by atoms with Crippen molar-refractivity contribution in [2.45, 2.75) is 0 Å². The molecule has 0 unspecified atom stereocenters. The molecule has 0 aliphatic carbocycles. The number of carboxylic acid groups (broad SMARTS) is 1. The molecule has 0 spiro atoms. The van der Waals surface area contributed by atoms with Crippen molar-refractivity contribution in [3.05, 3.63) is 27.5 Å². The standard InChI is InChI=1S/C6H3BrClNO2/c7-5-4(8)1-3(2-9-5)6(10)11/h1-2H,(H,10,11). The first-order chi connectivity index (χ1) is 5.11. The summed E-state index contributed by atoms with van der Waals surface area (Å²) >= 11 is 8.63. The molecule has 0 aliphatic heterocycles. The summed E-state index contributed by atoms with van der Waals surface area (Å²) in [6.45, 7) is 0. The average Bonchev–Trinajstić information content (AvgIpc) is 1.94. The molecule has 58 valence electrons. The van der Waals surface area contributed by atoms with Gasteiger partial charge in [0.1, 0.15) is 4.60 Å². The normalized spacial score (nSPS) is 9.64. The monoisotopic (exact) mass is 235 g/mol. The predicted molar refractivity (Wildman–Crippen MR) is 43.9 cm³/mol. The number of aromatic carboxylic acids is 1. The van der Waals surface area contributed by atoms with E-state index in [4.69, 9.17) is 16.7 Å². The lowest BCUT2D eigenvalue weighted by Gasteiger charge is -1.95. The molecule has 0 saturated heterocycles. The molecule has 0 saturated carbocycles. The molecule has 1 heterocycles. The van der Waals surface area contributed by atoms with Gasteiger partial charge in [-0.3, -0.25) is 0 Å². The molecule has 1 rings (SSSR count). The van der Waals surface area contributed by atoms with Crippen LogP contribution in [-0.2, 0) is 0 Å². The molecule has 0 aromatic carbocycles. The van der Waals surface area contributed by atoms with Gasteiger partial charge in [-0.1, -0.05) is 11.6 Å². The third-order valence-corrected chi connectivity index (χ3v) is 2.19. The van der Waals surface area contributed by atoms with E-state index in [9.17, 15) is 4.79 Å². The van der Waals surface area contributed by atoms with Gasteiger partial charge >= 0.3 is 5.97 Å². The van der Waals surface area contributed by atoms with Crippen molar-refractivity contribution in [1.82, 2.24) is 4.98 Å². The Hall–Kier alpha value is -0.610. The summed E-state index contributed by atoms with van der Waals surface area (Å²) in [6, 6.07) is 1.33. The molecule has 1 aromatic heterocycles. The lowest BCUT2D eigenvalue weighted by Crippen LogP contribution is -1.96. The quantitative estimate of drug-likeness (QED) is 0.761. The number of carbonyl (C=O) groups is 1. The highest BCUT2D eigenvalue weighted by atomic mass is 79.9. The van der Waals surface area contributed by atoms with Gasteiger partial charge in [-0.25, -0.2) is 9.78 Å². The van der Waals surface area contributed by atoms with Crippen molar-refractivity contribution < 1.29 is 9.90 Å². The van der Waals surface area contributed by atoms with Gasteiger partial charge < -0.3 is 5.11 Å². The number of aromatic nitrogens is 1. The molecule has 0 fully saturated rings. The Labute approximate surface area is 76.1 Å². The van der Waals surface area contributed by atoms with Crippen LogP contribution in [0.1, 0.15) is 10.4 Å². The average molecular weight is 236 g/mol. The molecule has 5 heteroatoms. The first-order valence-corrected chi connectivity index (χ1v) is 3.82. The Balaban J connectivity index is 3.15. The molecule has 0 radical (unpaired) electrons. The highest BCUT2D eigenvalue weighted by molar-refractivity contribution is 9.10. The Morgan fingerprint density at radius 2 is 2.36 bits per heavy atom. The SMILES string of the molecule is O=C(O)c1cnc(Br)c(Cl)c1. The molecule has 0 bridgehead atoms. The lowest BCUT2D eigenvalue weighted by atomic mass is 10.3. The zero-order valence-electron chi connectivity index (χ0n) is 5.21. The maximum atomic E-state index is 10.4. The molecule has 0 amide bonds. The van der Waals surface area contributed by atoms with Crippen molar-refractivity contribution >= 4 is 33.5 Å². The van der Waals surface area contributed by atoms with Gasteiger partial charge in [0.15, 0.2) is 0 Å². The summed E-state index contributed by atoms with van der Waals surface area (Å²) in [4.78, 5) is 14.1. The van der Waals surface area contributed by atoms with Crippen LogP contribution in [0.3, 0.4) is 0 Å². The van der Waals surface area contributed by atoms with E-state index in [1.54, 1.807) is 0 Å². The molecular formula is C6H3BrClNO2. The van der Waals surface area contributed by atoms with Crippen LogP contribution in [0.2, 0.25) is 5.02 Å². The molecular weight excluding hydrogens is 233 g/mol. The van der Waals surface area contributed by atoms with Gasteiger partial charge in [0.05, 0.1) is 10.6 Å². The second-order valence-electron chi connectivity index (χ2n) is 1.80. The highest BCUT2D eigenvalue weighted by Crippen LogP contribution is 2.19. The summed E-state index contributed by atoms with van der Waals surface area (Å²) in [6.07, 6.45) is 1.23. The van der Waals surface area contributed by atoms with Gasteiger partial charge in [-0.05, 0) is 22.0 Å². The fraction of sp³-hybridized carbons (Fsp3) is 0. The zero-order chi connectivity index (χ0) is 8.43. The maximum absolute atomic E-state index is 10.4. The van der Waals surface area contributed by atoms with Crippen LogP contribution in [0.15, 0.2) is 16.9 Å². The van der Waals surface area contributed by atoms with E-state index in [1.165, 1.54) is 12.3 Å². The van der Waals surface area contributed by atoms with Crippen molar-refractivity contribution in [3.8, 4) is 0 Å². The van der Waals surface area contributed by atoms with E-state index in [2.05, 4.69) is 20.9 Å². The van der Waals surface area contributed by atoms with Crippen molar-refractivity contribution in [3.63, 3.8) is 0 Å². The molecule has 3 nitrogen and oxygen atoms in total. The van der Waals surface area contributed by atoms with E-state index in [0.717, 1.165) is 0 Å². The van der Waals surface area contributed by atoms with E-state index in [-0.39, 0.29) is 5.56 Å². The van der Waals surface area contributed by atoms with Crippen LogP contribution >= 0.6 is 27.5 Å². The van der Waals surface area contributed by atoms with Crippen LogP contribution in [0.5, 0.6) is 0 Å². The van der Waals surface area contributed by atoms with Crippen molar-refractivity contribution in [2.24, 2.45) is 0 Å². The van der Waals surface area contributed by atoms with E-state index in [1.807, 2.05) is 0 Å². The fourth-order valence-corrected chi connectivity index (χ4v) is 0.921. The molecule has 0 aliphatic rings. The lowest BCUT2D eigenvalue weighted by molar-refractivity contribution is 0.0696. The number of carboxylic acids is 1. The number of hydrogen-bond acceptors (Lipinski definition) is 2. The highest BCUT2D eigenvalue weighted by Gasteiger charge is 2.05. The zero-order valence-corrected chi connectivity index (χ0v) is 7.56. The first kappa shape index (κ1) is 8.49. The van der Waals surface area contributed by atoms with E-state index < -0.39 is 5.97 Å². The number of nitrogens with zero attached hydrogens (tertiary/aromatic N) is 1. The summed E-state index contributed by atoms with van der Waals surface area (Å²) in [5.74, 6) is -1.04. The Morgan fingerprint density at radius 1 is 1.73 bits per heavy atom. The summed E-state index contributed by atoms with van der Waals surface area (Å²) in [5.41, 5.74) is 0.0817. The first-order valence-electron chi connectivity index (χ1n) is 2.65. The molecule has 11 heavy (non-hydrogen) atoms. The minimum absolute atomic E-state index is 0.0817. The van der Waals surface area contributed by atoms with Gasteiger partial charge in [0.2, 0.25) is 0 Å². The molecule has 1 aromatic rings. The van der Waals surface area contributed by atoms with Gasteiger partial charge in [0.25, 0.3) is 0 Å². The summed E-state index contributed by atoms with van der Waals surface area (Å²) in [5, 5.41) is 8.78. The third-order valence-electron chi connectivity index (χ3n) is 1.04. The molecule has 1 N–H and O–H groups in total. The minimum Gasteiger partial charge on any atom is -0.478 e. The second kappa shape index (κ2) is 3.19. The van der Waals surface area contributed by atoms with Gasteiger partial charge in [-0.15, -0.1) is 0 Å². The summed E-state index contributed by atoms with van der Waals surface area (Å²) < 4.78 is 0.448. The Kier molecular flexibility index (Phi) is 2.46. The topological polar surface area (TPSA) is 50.2 Å². The number of rotatable bonds is 1. The predicted octanol–water partition coefficient (Wildman–Crippen LogP) is 2.20. The van der Waals surface area contributed by atoms with Crippen LogP contribution in [0.4, 0.5) is 0 Å². The van der Waals surface area contributed by atoms with Crippen LogP contribution in [0.25, 0.3) is 0 Å². The van der Waals surface area contributed by atoms with Crippen molar-refractivity contribution in [2.75, 3.05) is 0 Å². The van der Waals surface area contributed by atoms with Crippen LogP contribution in [0, 0.1) is 0 Å². The minimum atomic E-state index is -1.04.